The third-order valence-corrected chi connectivity index (χ3v) is 7.80. The fourth-order valence-corrected chi connectivity index (χ4v) is 5.85. The summed E-state index contributed by atoms with van der Waals surface area (Å²) < 4.78 is 3.25. The molecular weight excluding hydrogens is 462 g/mol. The Balaban J connectivity index is 1.51. The molecule has 1 saturated heterocycles. The summed E-state index contributed by atoms with van der Waals surface area (Å²) in [4.78, 5) is 21.9. The quantitative estimate of drug-likeness (QED) is 0.393. The van der Waals surface area contributed by atoms with E-state index in [-0.39, 0.29) is 23.7 Å². The average molecular weight is 492 g/mol. The van der Waals surface area contributed by atoms with Gasteiger partial charge in [-0.3, -0.25) is 9.13 Å². The van der Waals surface area contributed by atoms with Gasteiger partial charge < -0.3 is 19.9 Å². The number of rotatable bonds is 3. The highest BCUT2D eigenvalue weighted by molar-refractivity contribution is 6.31. The van der Waals surface area contributed by atoms with Crippen LogP contribution in [0, 0.1) is 0 Å². The Morgan fingerprint density at radius 3 is 2.46 bits per heavy atom. The van der Waals surface area contributed by atoms with Crippen LogP contribution in [0.15, 0.2) is 47.3 Å². The lowest BCUT2D eigenvalue weighted by Crippen LogP contribution is -2.44. The molecule has 2 aromatic carbocycles. The number of hydrogen-bond acceptors (Lipinski definition) is 4. The van der Waals surface area contributed by atoms with Crippen LogP contribution < -0.4 is 10.6 Å². The molecule has 2 aliphatic rings. The molecule has 4 heterocycles. The minimum absolute atomic E-state index is 0.0473. The molecule has 0 saturated carbocycles. The van der Waals surface area contributed by atoms with Crippen molar-refractivity contribution in [1.82, 2.24) is 19.0 Å². The van der Waals surface area contributed by atoms with Gasteiger partial charge in [0.15, 0.2) is 0 Å². The number of imidazole rings is 1. The number of likely N-dealkylation sites (N-methyl/N-ethyl adjacent to an activating group) is 1. The number of benzene rings is 2. The minimum atomic E-state index is -0.361. The molecule has 0 bridgehead atoms. The number of aromatic hydroxyl groups is 1. The van der Waals surface area contributed by atoms with Gasteiger partial charge in [0.1, 0.15) is 6.04 Å². The number of aromatic amines is 1. The Morgan fingerprint density at radius 2 is 1.77 bits per heavy atom. The topological polar surface area (TPSA) is 69.4 Å². The van der Waals surface area contributed by atoms with Gasteiger partial charge >= 0.3 is 5.69 Å². The number of nitrogens with zero attached hydrogens (tertiary/aromatic N) is 4. The number of anilines is 1. The molecule has 1 unspecified atom stereocenters. The Bertz CT molecular complexity index is 1470. The van der Waals surface area contributed by atoms with E-state index in [1.165, 1.54) is 10.3 Å². The fraction of sp³-hybridized carbons (Fsp3) is 0.370. The molecule has 2 aliphatic heterocycles. The van der Waals surface area contributed by atoms with Gasteiger partial charge in [0.2, 0.25) is 5.88 Å². The molecule has 0 aliphatic carbocycles. The molecule has 35 heavy (non-hydrogen) atoms. The highest BCUT2D eigenvalue weighted by Crippen LogP contribution is 2.42. The predicted octanol–water partition coefficient (Wildman–Crippen LogP) is 4.36. The van der Waals surface area contributed by atoms with Crippen LogP contribution in [-0.4, -0.2) is 57.4 Å². The molecule has 0 radical (unpaired) electrons. The molecule has 2 N–H and O–H groups in total. The second-order valence-corrected chi connectivity index (χ2v) is 10.5. The maximum absolute atomic E-state index is 13.6. The van der Waals surface area contributed by atoms with E-state index in [4.69, 9.17) is 11.6 Å². The molecule has 0 amide bonds. The Labute approximate surface area is 209 Å². The molecule has 6 rings (SSSR count). The maximum Gasteiger partial charge on any atom is 0.332 e. The summed E-state index contributed by atoms with van der Waals surface area (Å²) in [5.41, 5.74) is 5.68. The van der Waals surface area contributed by atoms with E-state index < -0.39 is 0 Å². The number of hydrogen-bond donors (Lipinski definition) is 2. The van der Waals surface area contributed by atoms with Crippen molar-refractivity contribution in [2.45, 2.75) is 32.4 Å². The normalized spacial score (nSPS) is 18.3. The third-order valence-electron chi connectivity index (χ3n) is 7.56. The molecule has 182 valence electrons. The lowest BCUT2D eigenvalue weighted by molar-refractivity contribution is 0.313. The third kappa shape index (κ3) is 3.48. The van der Waals surface area contributed by atoms with E-state index in [2.05, 4.69) is 46.1 Å². The van der Waals surface area contributed by atoms with Crippen molar-refractivity contribution in [1.29, 1.82) is 0 Å². The Kier molecular flexibility index (Phi) is 5.23. The van der Waals surface area contributed by atoms with E-state index in [1.807, 2.05) is 32.0 Å². The van der Waals surface area contributed by atoms with Crippen molar-refractivity contribution in [2.75, 3.05) is 38.1 Å². The van der Waals surface area contributed by atoms with E-state index in [0.717, 1.165) is 53.9 Å². The highest BCUT2D eigenvalue weighted by atomic mass is 35.5. The molecule has 7 nitrogen and oxygen atoms in total. The number of nitrogens with one attached hydrogen (secondary N) is 1. The van der Waals surface area contributed by atoms with Crippen molar-refractivity contribution >= 4 is 28.2 Å². The van der Waals surface area contributed by atoms with Crippen LogP contribution in [0.25, 0.3) is 10.9 Å². The van der Waals surface area contributed by atoms with Crippen LogP contribution in [0.4, 0.5) is 5.69 Å². The molecular formula is C27H30ClN5O2. The van der Waals surface area contributed by atoms with Crippen LogP contribution in [0.1, 0.15) is 48.4 Å². The van der Waals surface area contributed by atoms with Crippen molar-refractivity contribution in [3.05, 3.63) is 80.5 Å². The van der Waals surface area contributed by atoms with Crippen molar-refractivity contribution in [3.63, 3.8) is 0 Å². The van der Waals surface area contributed by atoms with Gasteiger partial charge in [-0.15, -0.1) is 0 Å². The first-order valence-corrected chi connectivity index (χ1v) is 12.6. The molecule has 1 fully saturated rings. The van der Waals surface area contributed by atoms with Gasteiger partial charge in [0, 0.05) is 65.9 Å². The average Bonchev–Trinajstić information content (AvgIpc) is 3.32. The van der Waals surface area contributed by atoms with E-state index in [1.54, 1.807) is 4.57 Å². The van der Waals surface area contributed by atoms with Gasteiger partial charge in [-0.05, 0) is 62.4 Å². The number of piperazine rings is 1. The molecule has 2 aromatic heterocycles. The van der Waals surface area contributed by atoms with Crippen LogP contribution in [0.5, 0.6) is 5.88 Å². The molecule has 8 heteroatoms. The zero-order valence-corrected chi connectivity index (χ0v) is 21.0. The largest absolute Gasteiger partial charge is 0.493 e. The van der Waals surface area contributed by atoms with E-state index >= 15 is 0 Å². The lowest BCUT2D eigenvalue weighted by atomic mass is 9.92. The van der Waals surface area contributed by atoms with E-state index in [9.17, 15) is 9.90 Å². The summed E-state index contributed by atoms with van der Waals surface area (Å²) in [7, 11) is 2.16. The number of fused-ring (bicyclic) bond motifs is 4. The van der Waals surface area contributed by atoms with Crippen molar-refractivity contribution < 1.29 is 5.11 Å². The second kappa shape index (κ2) is 8.21. The molecule has 1 atom stereocenters. The van der Waals surface area contributed by atoms with Crippen molar-refractivity contribution in [3.8, 4) is 5.88 Å². The highest BCUT2D eigenvalue weighted by Gasteiger charge is 2.36. The monoisotopic (exact) mass is 491 g/mol. The van der Waals surface area contributed by atoms with Crippen LogP contribution in [0.3, 0.4) is 0 Å². The van der Waals surface area contributed by atoms with Gasteiger partial charge in [0.25, 0.3) is 0 Å². The standard InChI is InChI=1S/C27H30ClN5O2/c1-16(2)32-26(34)23-15-21-20-14-18(28)6-9-22(20)29-24(21)25(33(23)27(32)35)17-4-7-19(8-5-17)31-12-10-30(3)11-13-31/h4-9,14,16,25,29,34H,10-13,15H2,1-3H3. The smallest absolute Gasteiger partial charge is 0.332 e. The Morgan fingerprint density at radius 1 is 1.06 bits per heavy atom. The zero-order chi connectivity index (χ0) is 24.4. The van der Waals surface area contributed by atoms with E-state index in [0.29, 0.717) is 17.1 Å². The van der Waals surface area contributed by atoms with Gasteiger partial charge in [-0.2, -0.15) is 0 Å². The molecule has 4 aromatic rings. The summed E-state index contributed by atoms with van der Waals surface area (Å²) in [5.74, 6) is 0.0473. The maximum atomic E-state index is 13.6. The summed E-state index contributed by atoms with van der Waals surface area (Å²) in [6.07, 6.45) is 0.465. The SMILES string of the molecule is CC(C)n1c(O)c2n(c1=O)C(c1ccc(N3CCN(C)CC3)cc1)c1[nH]c3ccc(Cl)cc3c1C2. The van der Waals surface area contributed by atoms with Crippen molar-refractivity contribution in [2.24, 2.45) is 0 Å². The van der Waals surface area contributed by atoms with Gasteiger partial charge in [-0.1, -0.05) is 23.7 Å². The summed E-state index contributed by atoms with van der Waals surface area (Å²) in [6, 6.07) is 13.8. The summed E-state index contributed by atoms with van der Waals surface area (Å²) in [5, 5.41) is 12.8. The first-order valence-electron chi connectivity index (χ1n) is 12.2. The summed E-state index contributed by atoms with van der Waals surface area (Å²) >= 11 is 6.34. The fourth-order valence-electron chi connectivity index (χ4n) is 5.67. The lowest BCUT2D eigenvalue weighted by Gasteiger charge is -2.34. The predicted molar refractivity (Wildman–Crippen MR) is 140 cm³/mol. The first-order chi connectivity index (χ1) is 16.8. The summed E-state index contributed by atoms with van der Waals surface area (Å²) in [6.45, 7) is 7.93. The zero-order valence-electron chi connectivity index (χ0n) is 20.3. The van der Waals surface area contributed by atoms with Gasteiger partial charge in [0.05, 0.1) is 5.69 Å². The number of halogens is 1. The van der Waals surface area contributed by atoms with Crippen LogP contribution in [-0.2, 0) is 6.42 Å². The van der Waals surface area contributed by atoms with Crippen LogP contribution >= 0.6 is 11.6 Å². The molecule has 0 spiro atoms. The number of H-pyrrole nitrogens is 1. The van der Waals surface area contributed by atoms with Gasteiger partial charge in [-0.25, -0.2) is 4.79 Å². The first kappa shape index (κ1) is 22.3. The second-order valence-electron chi connectivity index (χ2n) is 10.1. The Hall–Kier alpha value is -3.16. The minimum Gasteiger partial charge on any atom is -0.493 e. The van der Waals surface area contributed by atoms with Crippen LogP contribution in [0.2, 0.25) is 5.02 Å². The number of aromatic nitrogens is 3.